The van der Waals surface area contributed by atoms with E-state index in [4.69, 9.17) is 11.2 Å². The quantitative estimate of drug-likeness (QED) is 0.404. The lowest BCUT2D eigenvalue weighted by Gasteiger charge is -2.11. The first-order valence-electron chi connectivity index (χ1n) is 9.44. The number of nitrogens with zero attached hydrogens (tertiary/aromatic N) is 2. The molecule has 2 aromatic rings. The first-order chi connectivity index (χ1) is 14.7. The number of anilines is 1. The molecule has 1 unspecified atom stereocenters. The maximum Gasteiger partial charge on any atom is 0.293 e. The summed E-state index contributed by atoms with van der Waals surface area (Å²) in [6, 6.07) is 6.33. The molecule has 1 aromatic carbocycles. The molecule has 8 nitrogen and oxygen atoms in total. The molecule has 2 amide bonds. The number of carbonyl (C=O) groups is 3. The minimum atomic E-state index is -0.874. The largest absolute Gasteiger partial charge is 0.382 e. The van der Waals surface area contributed by atoms with Gasteiger partial charge in [-0.2, -0.15) is 5.26 Å². The van der Waals surface area contributed by atoms with E-state index in [9.17, 15) is 19.6 Å². The molecule has 0 bridgehead atoms. The van der Waals surface area contributed by atoms with E-state index in [2.05, 4.69) is 22.6 Å². The summed E-state index contributed by atoms with van der Waals surface area (Å²) in [6.07, 6.45) is 5.34. The van der Waals surface area contributed by atoms with Gasteiger partial charge < -0.3 is 19.9 Å². The third-order valence-electron chi connectivity index (χ3n) is 5.03. The first kappa shape index (κ1) is 23.4. The number of hydrogen-bond donors (Lipinski definition) is 2. The average Bonchev–Trinajstić information content (AvgIpc) is 2.96. The van der Waals surface area contributed by atoms with Crippen LogP contribution in [-0.4, -0.2) is 41.9 Å². The van der Waals surface area contributed by atoms with Crippen LogP contribution in [0.25, 0.3) is 0 Å². The molecule has 1 aromatic heterocycles. The van der Waals surface area contributed by atoms with Gasteiger partial charge in [-0.05, 0) is 44.0 Å². The summed E-state index contributed by atoms with van der Waals surface area (Å²) in [5.74, 6) is 0.219. The van der Waals surface area contributed by atoms with Gasteiger partial charge in [-0.25, -0.2) is 0 Å². The zero-order valence-corrected chi connectivity index (χ0v) is 18.1. The van der Waals surface area contributed by atoms with Gasteiger partial charge in [-0.3, -0.25) is 14.4 Å². The van der Waals surface area contributed by atoms with Crippen LogP contribution >= 0.6 is 0 Å². The van der Waals surface area contributed by atoms with Gasteiger partial charge in [0.1, 0.15) is 11.7 Å². The number of aromatic nitrogens is 1. The Bertz CT molecular complexity index is 1130. The summed E-state index contributed by atoms with van der Waals surface area (Å²) in [7, 11) is 3.07. The predicted molar refractivity (Wildman–Crippen MR) is 116 cm³/mol. The molecule has 0 spiro atoms. The van der Waals surface area contributed by atoms with Crippen LogP contribution in [0.2, 0.25) is 0 Å². The Labute approximate surface area is 181 Å². The van der Waals surface area contributed by atoms with Crippen molar-refractivity contribution >= 4 is 23.3 Å². The monoisotopic (exact) mass is 420 g/mol. The van der Waals surface area contributed by atoms with Crippen LogP contribution in [0, 0.1) is 44.4 Å². The number of nitrogens with one attached hydrogen (secondary N) is 2. The van der Waals surface area contributed by atoms with Crippen LogP contribution in [0.4, 0.5) is 5.69 Å². The predicted octanol–water partition coefficient (Wildman–Crippen LogP) is 2.02. The number of hydrogen-bond acceptors (Lipinski definition) is 5. The highest BCUT2D eigenvalue weighted by Gasteiger charge is 2.29. The van der Waals surface area contributed by atoms with Crippen LogP contribution in [-0.2, 0) is 16.6 Å². The summed E-state index contributed by atoms with van der Waals surface area (Å²) >= 11 is 0. The number of methoxy groups -OCH3 is 1. The third-order valence-corrected chi connectivity index (χ3v) is 5.03. The molecule has 0 aliphatic rings. The van der Waals surface area contributed by atoms with Crippen molar-refractivity contribution in [3.63, 3.8) is 0 Å². The molecular formula is C23H24N4O4. The lowest BCUT2D eigenvalue weighted by Crippen LogP contribution is -2.41. The Balaban J connectivity index is 2.34. The minimum absolute atomic E-state index is 0.0666. The molecule has 0 saturated carbocycles. The number of rotatable bonds is 7. The molecule has 0 radical (unpaired) electrons. The zero-order valence-electron chi connectivity index (χ0n) is 18.1. The van der Waals surface area contributed by atoms with Crippen molar-refractivity contribution in [1.82, 2.24) is 9.88 Å². The second kappa shape index (κ2) is 9.75. The molecule has 31 heavy (non-hydrogen) atoms. The van der Waals surface area contributed by atoms with Crippen molar-refractivity contribution in [1.29, 1.82) is 5.26 Å². The van der Waals surface area contributed by atoms with Gasteiger partial charge in [-0.1, -0.05) is 12.0 Å². The molecular weight excluding hydrogens is 396 g/mol. The van der Waals surface area contributed by atoms with Crippen molar-refractivity contribution in [2.75, 3.05) is 19.0 Å². The highest BCUT2D eigenvalue weighted by molar-refractivity contribution is 6.43. The van der Waals surface area contributed by atoms with Crippen molar-refractivity contribution in [3.05, 3.63) is 51.8 Å². The number of nitriles is 1. The molecule has 0 aliphatic carbocycles. The van der Waals surface area contributed by atoms with E-state index >= 15 is 0 Å². The van der Waals surface area contributed by atoms with Crippen molar-refractivity contribution in [2.45, 2.75) is 26.8 Å². The van der Waals surface area contributed by atoms with Crippen molar-refractivity contribution in [3.8, 4) is 18.4 Å². The lowest BCUT2D eigenvalue weighted by atomic mass is 10.0. The van der Waals surface area contributed by atoms with E-state index in [-0.39, 0.29) is 17.9 Å². The first-order valence-corrected chi connectivity index (χ1v) is 9.44. The van der Waals surface area contributed by atoms with E-state index in [1.807, 2.05) is 0 Å². The second-order valence-corrected chi connectivity index (χ2v) is 7.07. The Morgan fingerprint density at radius 2 is 1.94 bits per heavy atom. The highest BCUT2D eigenvalue weighted by atomic mass is 16.5. The molecule has 0 saturated heterocycles. The van der Waals surface area contributed by atoms with Crippen LogP contribution in [0.3, 0.4) is 0 Å². The summed E-state index contributed by atoms with van der Waals surface area (Å²) < 4.78 is 6.47. The minimum Gasteiger partial charge on any atom is -0.382 e. The smallest absolute Gasteiger partial charge is 0.293 e. The molecule has 2 N–H and O–H groups in total. The molecule has 0 aliphatic heterocycles. The highest BCUT2D eigenvalue weighted by Crippen LogP contribution is 2.23. The lowest BCUT2D eigenvalue weighted by molar-refractivity contribution is -0.117. The fraction of sp³-hybridized carbons (Fsp3) is 0.304. The average molecular weight is 420 g/mol. The van der Waals surface area contributed by atoms with Crippen LogP contribution in [0.5, 0.6) is 0 Å². The zero-order chi connectivity index (χ0) is 23.3. The van der Waals surface area contributed by atoms with Gasteiger partial charge in [0.25, 0.3) is 17.6 Å². The van der Waals surface area contributed by atoms with Gasteiger partial charge in [0.15, 0.2) is 0 Å². The number of aryl methyl sites for hydroxylation is 1. The number of Topliss-reactive ketones (excluding diaryl/α,β-unsaturated/α-hetero) is 1. The van der Waals surface area contributed by atoms with Gasteiger partial charge in [-0.15, -0.1) is 6.42 Å². The Kier molecular flexibility index (Phi) is 7.36. The maximum absolute atomic E-state index is 12.9. The van der Waals surface area contributed by atoms with E-state index in [0.29, 0.717) is 22.5 Å². The molecule has 8 heteroatoms. The molecule has 0 fully saturated rings. The molecule has 2 rings (SSSR count). The van der Waals surface area contributed by atoms with E-state index in [1.54, 1.807) is 50.6 Å². The summed E-state index contributed by atoms with van der Waals surface area (Å²) in [5, 5.41) is 14.4. The number of ether oxygens (including phenoxy) is 1. The fourth-order valence-corrected chi connectivity index (χ4v) is 3.28. The molecule has 160 valence electrons. The maximum atomic E-state index is 12.9. The summed E-state index contributed by atoms with van der Waals surface area (Å²) in [6.45, 7) is 5.12. The second-order valence-electron chi connectivity index (χ2n) is 7.07. The van der Waals surface area contributed by atoms with Gasteiger partial charge in [0.05, 0.1) is 23.8 Å². The standard InChI is InChI=1S/C23H24N4O4/c1-7-17(12-31-6)25-23(30)21(28)19-14(3)20(27(5)15(19)4)22(29)26-18-9-8-13(2)16(10-18)11-24/h1,8-10,17H,12H2,2-6H3,(H,25,30)(H,26,29). The Morgan fingerprint density at radius 1 is 1.26 bits per heavy atom. The third kappa shape index (κ3) is 4.82. The molecule has 1 atom stereocenters. The Morgan fingerprint density at radius 3 is 2.52 bits per heavy atom. The fourth-order valence-electron chi connectivity index (χ4n) is 3.28. The van der Waals surface area contributed by atoms with Crippen molar-refractivity contribution in [2.24, 2.45) is 7.05 Å². The summed E-state index contributed by atoms with van der Waals surface area (Å²) in [5.41, 5.74) is 2.90. The van der Waals surface area contributed by atoms with Crippen LogP contribution in [0.15, 0.2) is 18.2 Å². The van der Waals surface area contributed by atoms with Crippen molar-refractivity contribution < 1.29 is 19.1 Å². The number of benzene rings is 1. The summed E-state index contributed by atoms with van der Waals surface area (Å²) in [4.78, 5) is 38.2. The SMILES string of the molecule is C#CC(COC)NC(=O)C(=O)c1c(C)c(C(=O)Nc2ccc(C)c(C#N)c2)n(C)c1C. The number of terminal acetylenes is 1. The van der Waals surface area contributed by atoms with Gasteiger partial charge in [0, 0.05) is 25.5 Å². The van der Waals surface area contributed by atoms with Gasteiger partial charge in [0.2, 0.25) is 0 Å². The van der Waals surface area contributed by atoms with E-state index < -0.39 is 23.6 Å². The molecule has 1 heterocycles. The van der Waals surface area contributed by atoms with Gasteiger partial charge >= 0.3 is 0 Å². The normalized spacial score (nSPS) is 11.2. The number of ketones is 1. The van der Waals surface area contributed by atoms with Crippen LogP contribution < -0.4 is 10.6 Å². The van der Waals surface area contributed by atoms with E-state index in [1.165, 1.54) is 7.11 Å². The number of amides is 2. The van der Waals surface area contributed by atoms with Crippen LogP contribution in [0.1, 0.15) is 43.2 Å². The van der Waals surface area contributed by atoms with E-state index in [0.717, 1.165) is 5.56 Å². The number of carbonyl (C=O) groups excluding carboxylic acids is 3. The topological polar surface area (TPSA) is 113 Å². The Hall–Kier alpha value is -3.88.